The number of unbranched alkanes of at least 4 members (excludes halogenated alkanes) is 2. The molecule has 1 aromatic rings. The number of carbonyl (C=O) groups is 1. The molecule has 1 aromatic carbocycles. The van der Waals surface area contributed by atoms with Gasteiger partial charge in [-0.3, -0.25) is 0 Å². The van der Waals surface area contributed by atoms with E-state index in [9.17, 15) is 13.2 Å². The number of rotatable bonds is 7. The number of benzene rings is 1. The standard InChI is InChI=1S/C13H13Cl2NO4S/c1-2-3-4-5-6-16-21(19,20)12-7-9(13(17)18)10(14)8-11(12)15/h1,7-8,16H,3-6H2,(H,17,18). The molecule has 0 spiro atoms. The average molecular weight is 350 g/mol. The van der Waals surface area contributed by atoms with Gasteiger partial charge in [0, 0.05) is 13.0 Å². The van der Waals surface area contributed by atoms with Gasteiger partial charge in [-0.1, -0.05) is 23.2 Å². The van der Waals surface area contributed by atoms with Gasteiger partial charge in [-0.2, -0.15) is 0 Å². The summed E-state index contributed by atoms with van der Waals surface area (Å²) in [6.07, 6.45) is 6.91. The van der Waals surface area contributed by atoms with Gasteiger partial charge >= 0.3 is 5.97 Å². The van der Waals surface area contributed by atoms with Crippen LogP contribution < -0.4 is 4.72 Å². The second-order valence-corrected chi connectivity index (χ2v) is 6.68. The molecule has 5 nitrogen and oxygen atoms in total. The molecule has 1 rings (SSSR count). The molecular formula is C13H13Cl2NO4S. The van der Waals surface area contributed by atoms with Gasteiger partial charge in [-0.05, 0) is 25.0 Å². The molecule has 0 bridgehead atoms. The van der Waals surface area contributed by atoms with Gasteiger partial charge in [0.2, 0.25) is 10.0 Å². The molecule has 0 amide bonds. The predicted molar refractivity (Wildman–Crippen MR) is 81.3 cm³/mol. The maximum Gasteiger partial charge on any atom is 0.337 e. The van der Waals surface area contributed by atoms with Crippen molar-refractivity contribution in [3.05, 3.63) is 27.7 Å². The molecule has 21 heavy (non-hydrogen) atoms. The summed E-state index contributed by atoms with van der Waals surface area (Å²) in [6, 6.07) is 2.04. The molecule has 0 aliphatic rings. The lowest BCUT2D eigenvalue weighted by molar-refractivity contribution is 0.0697. The van der Waals surface area contributed by atoms with Crippen molar-refractivity contribution < 1.29 is 18.3 Å². The monoisotopic (exact) mass is 349 g/mol. The third-order valence-electron chi connectivity index (χ3n) is 2.58. The maximum absolute atomic E-state index is 12.1. The van der Waals surface area contributed by atoms with Crippen LogP contribution in [-0.2, 0) is 10.0 Å². The van der Waals surface area contributed by atoms with Gasteiger partial charge in [0.15, 0.2) is 0 Å². The Kier molecular flexibility index (Phi) is 6.49. The number of nitrogens with one attached hydrogen (secondary N) is 1. The number of hydrogen-bond donors (Lipinski definition) is 2. The normalized spacial score (nSPS) is 11.1. The third-order valence-corrected chi connectivity index (χ3v) is 4.82. The lowest BCUT2D eigenvalue weighted by Crippen LogP contribution is -2.25. The Hall–Kier alpha value is -1.26. The SMILES string of the molecule is C#CCCCCNS(=O)(=O)c1cc(C(=O)O)c(Cl)cc1Cl. The lowest BCUT2D eigenvalue weighted by atomic mass is 10.2. The highest BCUT2D eigenvalue weighted by Crippen LogP contribution is 2.28. The summed E-state index contributed by atoms with van der Waals surface area (Å²) < 4.78 is 26.5. The molecule has 8 heteroatoms. The topological polar surface area (TPSA) is 83.5 Å². The van der Waals surface area contributed by atoms with Crippen LogP contribution in [-0.4, -0.2) is 26.0 Å². The minimum absolute atomic E-state index is 0.125. The Morgan fingerprint density at radius 1 is 1.29 bits per heavy atom. The van der Waals surface area contributed by atoms with Crippen molar-refractivity contribution in [2.24, 2.45) is 0 Å². The molecule has 0 aliphatic carbocycles. The highest BCUT2D eigenvalue weighted by molar-refractivity contribution is 7.89. The van der Waals surface area contributed by atoms with Crippen molar-refractivity contribution in [1.29, 1.82) is 0 Å². The average Bonchev–Trinajstić information content (AvgIpc) is 2.37. The van der Waals surface area contributed by atoms with Gasteiger partial charge in [0.25, 0.3) is 0 Å². The first kappa shape index (κ1) is 17.8. The van der Waals surface area contributed by atoms with Gasteiger partial charge in [-0.25, -0.2) is 17.9 Å². The molecule has 0 saturated carbocycles. The summed E-state index contributed by atoms with van der Waals surface area (Å²) in [5, 5.41) is 8.70. The molecular weight excluding hydrogens is 337 g/mol. The number of halogens is 2. The molecule has 0 atom stereocenters. The van der Waals surface area contributed by atoms with E-state index in [1.165, 1.54) is 0 Å². The second kappa shape index (κ2) is 7.66. The minimum Gasteiger partial charge on any atom is -0.478 e. The zero-order valence-corrected chi connectivity index (χ0v) is 13.2. The van der Waals surface area contributed by atoms with Crippen molar-refractivity contribution in [3.63, 3.8) is 0 Å². The van der Waals surface area contributed by atoms with Crippen LogP contribution in [0.3, 0.4) is 0 Å². The van der Waals surface area contributed by atoms with Gasteiger partial charge in [-0.15, -0.1) is 12.3 Å². The number of aromatic carboxylic acids is 1. The smallest absolute Gasteiger partial charge is 0.337 e. The first-order chi connectivity index (χ1) is 9.79. The number of carboxylic acid groups (broad SMARTS) is 1. The van der Waals surface area contributed by atoms with Crippen molar-refractivity contribution in [2.45, 2.75) is 24.2 Å². The largest absolute Gasteiger partial charge is 0.478 e. The second-order valence-electron chi connectivity index (χ2n) is 4.13. The van der Waals surface area contributed by atoms with E-state index in [-0.39, 0.29) is 27.0 Å². The lowest BCUT2D eigenvalue weighted by Gasteiger charge is -2.10. The molecule has 114 valence electrons. The van der Waals surface area contributed by atoms with E-state index in [0.29, 0.717) is 19.3 Å². The first-order valence-electron chi connectivity index (χ1n) is 5.95. The van der Waals surface area contributed by atoms with E-state index in [1.807, 2.05) is 0 Å². The molecule has 0 saturated heterocycles. The van der Waals surface area contributed by atoms with Crippen LogP contribution in [0.2, 0.25) is 10.0 Å². The van der Waals surface area contributed by atoms with E-state index in [0.717, 1.165) is 12.1 Å². The summed E-state index contributed by atoms with van der Waals surface area (Å²) >= 11 is 11.5. The molecule has 0 radical (unpaired) electrons. The van der Waals surface area contributed by atoms with E-state index >= 15 is 0 Å². The van der Waals surface area contributed by atoms with Crippen LogP contribution in [0, 0.1) is 12.3 Å². The van der Waals surface area contributed by atoms with E-state index in [4.69, 9.17) is 34.7 Å². The Balaban J connectivity index is 2.95. The molecule has 0 fully saturated rings. The van der Waals surface area contributed by atoms with Gasteiger partial charge in [0.05, 0.1) is 15.6 Å². The van der Waals surface area contributed by atoms with Crippen molar-refractivity contribution in [3.8, 4) is 12.3 Å². The summed E-state index contributed by atoms with van der Waals surface area (Å²) in [5.74, 6) is 1.12. The highest BCUT2D eigenvalue weighted by Gasteiger charge is 2.22. The fraction of sp³-hybridized carbons (Fsp3) is 0.308. The maximum atomic E-state index is 12.1. The van der Waals surface area contributed by atoms with Gasteiger partial charge in [0.1, 0.15) is 4.90 Å². The molecule has 0 aliphatic heterocycles. The minimum atomic E-state index is -3.91. The van der Waals surface area contributed by atoms with E-state index in [2.05, 4.69) is 10.6 Å². The molecule has 2 N–H and O–H groups in total. The fourth-order valence-electron chi connectivity index (χ4n) is 1.54. The van der Waals surface area contributed by atoms with Crippen LogP contribution in [0.25, 0.3) is 0 Å². The third kappa shape index (κ3) is 4.90. The number of hydrogen-bond acceptors (Lipinski definition) is 3. The van der Waals surface area contributed by atoms with Crippen LogP contribution in [0.15, 0.2) is 17.0 Å². The Labute approximate surface area is 133 Å². The quantitative estimate of drug-likeness (QED) is 0.585. The summed E-state index contributed by atoms with van der Waals surface area (Å²) in [4.78, 5) is 10.7. The van der Waals surface area contributed by atoms with Crippen LogP contribution >= 0.6 is 23.2 Å². The Bertz CT molecular complexity index is 680. The zero-order chi connectivity index (χ0) is 16.0. The van der Waals surface area contributed by atoms with Crippen molar-refractivity contribution in [2.75, 3.05) is 6.54 Å². The Morgan fingerprint density at radius 2 is 1.95 bits per heavy atom. The molecule has 0 aromatic heterocycles. The van der Waals surface area contributed by atoms with E-state index in [1.54, 1.807) is 0 Å². The first-order valence-corrected chi connectivity index (χ1v) is 8.19. The number of terminal acetylenes is 1. The van der Waals surface area contributed by atoms with Crippen molar-refractivity contribution >= 4 is 39.2 Å². The number of sulfonamides is 1. The van der Waals surface area contributed by atoms with Crippen LogP contribution in [0.4, 0.5) is 0 Å². The summed E-state index contributed by atoms with van der Waals surface area (Å²) in [7, 11) is -3.91. The number of carboxylic acids is 1. The zero-order valence-electron chi connectivity index (χ0n) is 10.9. The van der Waals surface area contributed by atoms with Crippen LogP contribution in [0.1, 0.15) is 29.6 Å². The summed E-state index contributed by atoms with van der Waals surface area (Å²) in [6.45, 7) is 0.186. The fourth-order valence-corrected chi connectivity index (χ4v) is 3.46. The molecule has 0 heterocycles. The predicted octanol–water partition coefficient (Wildman–Crippen LogP) is 2.77. The Morgan fingerprint density at radius 3 is 2.52 bits per heavy atom. The van der Waals surface area contributed by atoms with E-state index < -0.39 is 16.0 Å². The molecule has 0 unspecified atom stereocenters. The van der Waals surface area contributed by atoms with Crippen LogP contribution in [0.5, 0.6) is 0 Å². The summed E-state index contributed by atoms with van der Waals surface area (Å²) in [5.41, 5.74) is -0.325. The van der Waals surface area contributed by atoms with Crippen molar-refractivity contribution in [1.82, 2.24) is 4.72 Å². The highest BCUT2D eigenvalue weighted by atomic mass is 35.5. The van der Waals surface area contributed by atoms with Gasteiger partial charge < -0.3 is 5.11 Å².